The summed E-state index contributed by atoms with van der Waals surface area (Å²) in [7, 11) is 0. The van der Waals surface area contributed by atoms with Crippen molar-refractivity contribution >= 4 is 11.8 Å². The fourth-order valence-corrected chi connectivity index (χ4v) is 10.1. The van der Waals surface area contributed by atoms with Crippen molar-refractivity contribution in [2.75, 3.05) is 0 Å². The third-order valence-corrected chi connectivity index (χ3v) is 12.1. The molecule has 1 spiro atoms. The van der Waals surface area contributed by atoms with Crippen LogP contribution in [0.5, 0.6) is 0 Å². The maximum Gasteiger partial charge on any atom is 0.334 e. The number of carbonyl (C=O) groups excluding carboxylic acids is 2. The molecule has 0 aromatic carbocycles. The van der Waals surface area contributed by atoms with E-state index in [-0.39, 0.29) is 18.2 Å². The van der Waals surface area contributed by atoms with Gasteiger partial charge >= 0.3 is 5.97 Å². The number of hydrogen-bond donors (Lipinski definition) is 1. The second-order valence-corrected chi connectivity index (χ2v) is 13.6. The van der Waals surface area contributed by atoms with Gasteiger partial charge in [-0.1, -0.05) is 65.9 Å². The van der Waals surface area contributed by atoms with Crippen molar-refractivity contribution in [3.05, 3.63) is 12.2 Å². The van der Waals surface area contributed by atoms with E-state index >= 15 is 0 Å². The first-order valence-corrected chi connectivity index (χ1v) is 14.8. The zero-order valence-corrected chi connectivity index (χ0v) is 22.5. The van der Waals surface area contributed by atoms with Crippen LogP contribution in [0.1, 0.15) is 124 Å². The Morgan fingerprint density at radius 1 is 0.971 bits per heavy atom. The highest BCUT2D eigenvalue weighted by molar-refractivity contribution is 5.91. The van der Waals surface area contributed by atoms with Crippen molar-refractivity contribution in [2.45, 2.75) is 135 Å². The van der Waals surface area contributed by atoms with Gasteiger partial charge in [-0.2, -0.15) is 0 Å². The molecule has 1 aliphatic heterocycles. The van der Waals surface area contributed by atoms with E-state index in [4.69, 9.17) is 4.74 Å². The molecule has 4 saturated carbocycles. The number of fused-ring (bicyclic) bond motifs is 6. The van der Waals surface area contributed by atoms with Crippen LogP contribution in [0.25, 0.3) is 0 Å². The molecule has 35 heavy (non-hydrogen) atoms. The zero-order valence-electron chi connectivity index (χ0n) is 22.5. The van der Waals surface area contributed by atoms with Gasteiger partial charge in [0.15, 0.2) is 0 Å². The van der Waals surface area contributed by atoms with Gasteiger partial charge in [-0.25, -0.2) is 4.79 Å². The van der Waals surface area contributed by atoms with Crippen LogP contribution in [0.3, 0.4) is 0 Å². The van der Waals surface area contributed by atoms with Crippen LogP contribution < -0.4 is 0 Å². The number of aliphatic hydroxyl groups is 1. The summed E-state index contributed by atoms with van der Waals surface area (Å²) in [4.78, 5) is 25.3. The van der Waals surface area contributed by atoms with Gasteiger partial charge < -0.3 is 9.84 Å². The van der Waals surface area contributed by atoms with Gasteiger partial charge in [0.1, 0.15) is 17.0 Å². The lowest BCUT2D eigenvalue weighted by atomic mass is 9.39. The third-order valence-electron chi connectivity index (χ3n) is 12.1. The average molecular weight is 485 g/mol. The van der Waals surface area contributed by atoms with Crippen LogP contribution in [-0.2, 0) is 14.3 Å². The summed E-state index contributed by atoms with van der Waals surface area (Å²) in [6, 6.07) is 0. The molecule has 4 nitrogen and oxygen atoms in total. The Labute approximate surface area is 212 Å². The number of Topliss-reactive ketones (excluding diaryl/α,β-unsaturated/α-hetero) is 1. The summed E-state index contributed by atoms with van der Waals surface area (Å²) in [6.07, 6.45) is 16.9. The summed E-state index contributed by atoms with van der Waals surface area (Å²) >= 11 is 0. The van der Waals surface area contributed by atoms with Crippen molar-refractivity contribution in [3.63, 3.8) is 0 Å². The van der Waals surface area contributed by atoms with Gasteiger partial charge in [0, 0.05) is 30.3 Å². The van der Waals surface area contributed by atoms with Crippen molar-refractivity contribution < 1.29 is 19.4 Å². The third kappa shape index (κ3) is 3.70. The van der Waals surface area contributed by atoms with Gasteiger partial charge in [0.2, 0.25) is 0 Å². The number of esters is 1. The molecule has 0 aromatic heterocycles. The SMILES string of the molecule is C=C1C[C@]2(C[C@H]3[C@@H]4CC[C@H](CCCCCCCC)[C@@]4(C)CC[C@@H]3[C@@]3(C)CCC(=O)C[C@]23O)OC1=O. The van der Waals surface area contributed by atoms with Crippen LogP contribution in [-0.4, -0.2) is 28.1 Å². The van der Waals surface area contributed by atoms with Crippen molar-refractivity contribution in [2.24, 2.45) is 34.5 Å². The summed E-state index contributed by atoms with van der Waals surface area (Å²) < 4.78 is 6.12. The number of hydrogen-bond acceptors (Lipinski definition) is 4. The monoisotopic (exact) mass is 484 g/mol. The molecule has 0 bridgehead atoms. The summed E-state index contributed by atoms with van der Waals surface area (Å²) in [6.45, 7) is 11.0. The first-order chi connectivity index (χ1) is 16.6. The molecule has 1 N–H and O–H groups in total. The second-order valence-electron chi connectivity index (χ2n) is 13.6. The van der Waals surface area contributed by atoms with Crippen LogP contribution in [0.4, 0.5) is 0 Å². The van der Waals surface area contributed by atoms with Gasteiger partial charge in [-0.05, 0) is 74.0 Å². The minimum atomic E-state index is -1.28. The van der Waals surface area contributed by atoms with E-state index < -0.39 is 16.6 Å². The Kier molecular flexibility index (Phi) is 6.55. The molecular weight excluding hydrogens is 436 g/mol. The van der Waals surface area contributed by atoms with E-state index in [1.807, 2.05) is 0 Å². The molecule has 196 valence electrons. The number of carbonyl (C=O) groups is 2. The lowest BCUT2D eigenvalue weighted by Crippen LogP contribution is -2.73. The number of unbranched alkanes of at least 4 members (excludes halogenated alkanes) is 5. The molecule has 4 heteroatoms. The maximum atomic E-state index is 12.7. The van der Waals surface area contributed by atoms with Crippen molar-refractivity contribution in [1.29, 1.82) is 0 Å². The van der Waals surface area contributed by atoms with Gasteiger partial charge in [-0.3, -0.25) is 4.79 Å². The van der Waals surface area contributed by atoms with Gasteiger partial charge in [-0.15, -0.1) is 0 Å². The fraction of sp³-hybridized carbons (Fsp3) is 0.871. The number of ether oxygens (including phenoxy) is 1. The average Bonchev–Trinajstić information content (AvgIpc) is 3.29. The Hall–Kier alpha value is -1.16. The molecule has 5 aliphatic rings. The molecular formula is C31H48O4. The lowest BCUT2D eigenvalue weighted by Gasteiger charge is -2.67. The molecule has 5 rings (SSSR count). The minimum absolute atomic E-state index is 0.108. The molecule has 4 aliphatic carbocycles. The molecule has 1 heterocycles. The Bertz CT molecular complexity index is 861. The molecule has 0 unspecified atom stereocenters. The Morgan fingerprint density at radius 2 is 1.71 bits per heavy atom. The van der Waals surface area contributed by atoms with E-state index in [1.165, 1.54) is 64.2 Å². The minimum Gasteiger partial charge on any atom is -0.452 e. The summed E-state index contributed by atoms with van der Waals surface area (Å²) in [5, 5.41) is 12.4. The number of rotatable bonds is 7. The smallest absolute Gasteiger partial charge is 0.334 e. The predicted molar refractivity (Wildman–Crippen MR) is 138 cm³/mol. The lowest BCUT2D eigenvalue weighted by molar-refractivity contribution is -0.288. The van der Waals surface area contributed by atoms with Crippen molar-refractivity contribution in [1.82, 2.24) is 0 Å². The van der Waals surface area contributed by atoms with E-state index in [2.05, 4.69) is 27.4 Å². The molecule has 5 fully saturated rings. The normalized spacial score (nSPS) is 46.9. The predicted octanol–water partition coefficient (Wildman–Crippen LogP) is 6.93. The van der Waals surface area contributed by atoms with Gasteiger partial charge in [0.05, 0.1) is 0 Å². The second kappa shape index (κ2) is 8.99. The van der Waals surface area contributed by atoms with Crippen LogP contribution in [0, 0.1) is 34.5 Å². The molecule has 0 amide bonds. The van der Waals surface area contributed by atoms with Gasteiger partial charge in [0.25, 0.3) is 0 Å². The topological polar surface area (TPSA) is 63.6 Å². The summed E-state index contributed by atoms with van der Waals surface area (Å²) in [5.41, 5.74) is -1.85. The Morgan fingerprint density at radius 3 is 2.43 bits per heavy atom. The first kappa shape index (κ1) is 25.5. The number of ketones is 1. The zero-order chi connectivity index (χ0) is 25.1. The van der Waals surface area contributed by atoms with E-state index in [0.717, 1.165) is 12.3 Å². The van der Waals surface area contributed by atoms with E-state index in [0.29, 0.717) is 54.4 Å². The van der Waals surface area contributed by atoms with Crippen molar-refractivity contribution in [3.8, 4) is 0 Å². The fourth-order valence-electron chi connectivity index (χ4n) is 10.1. The molecule has 0 radical (unpaired) electrons. The summed E-state index contributed by atoms with van der Waals surface area (Å²) in [5.74, 6) is 1.98. The molecule has 8 atom stereocenters. The van der Waals surface area contributed by atoms with Crippen LogP contribution in [0.15, 0.2) is 12.2 Å². The highest BCUT2D eigenvalue weighted by Gasteiger charge is 2.75. The van der Waals surface area contributed by atoms with Crippen LogP contribution >= 0.6 is 0 Å². The Balaban J connectivity index is 1.40. The van der Waals surface area contributed by atoms with E-state index in [9.17, 15) is 14.7 Å². The van der Waals surface area contributed by atoms with Crippen LogP contribution in [0.2, 0.25) is 0 Å². The van der Waals surface area contributed by atoms with E-state index in [1.54, 1.807) is 0 Å². The molecule has 1 saturated heterocycles. The quantitative estimate of drug-likeness (QED) is 0.242. The largest absolute Gasteiger partial charge is 0.452 e. The highest BCUT2D eigenvalue weighted by atomic mass is 16.6. The highest BCUT2D eigenvalue weighted by Crippen LogP contribution is 2.72. The molecule has 0 aromatic rings. The first-order valence-electron chi connectivity index (χ1n) is 14.8. The standard InChI is InChI=1S/C31H48O4/c1-5-6-7-8-9-10-11-22-12-13-25-24-20-30(18-21(2)27(33)35-30)31(34)19-23(32)14-17-29(31,4)26(24)15-16-28(22,25)3/h22,24-26,34H,2,5-20H2,1,3-4H3/t22-,24-,25-,26-,28+,29+,30+,31+/m0/s1. The maximum absolute atomic E-state index is 12.7.